The minimum atomic E-state index is -1.07. The predicted octanol–water partition coefficient (Wildman–Crippen LogP) is 1.91. The molecule has 1 aliphatic carbocycles. The number of amides is 2. The number of carboxylic acid groups (broad SMARTS) is 1. The summed E-state index contributed by atoms with van der Waals surface area (Å²) in [5.74, 6) is -0.432. The number of urea groups is 1. The van der Waals surface area contributed by atoms with Gasteiger partial charge in [0.25, 0.3) is 0 Å². The van der Waals surface area contributed by atoms with Crippen LogP contribution in [-0.2, 0) is 4.79 Å². The van der Waals surface area contributed by atoms with Crippen molar-refractivity contribution in [3.8, 4) is 0 Å². The van der Waals surface area contributed by atoms with E-state index in [0.717, 1.165) is 12.8 Å². The highest BCUT2D eigenvalue weighted by Crippen LogP contribution is 2.26. The lowest BCUT2D eigenvalue weighted by atomic mass is 9.82. The Labute approximate surface area is 112 Å². The predicted molar refractivity (Wildman–Crippen MR) is 70.7 cm³/mol. The molecule has 2 rings (SSSR count). The van der Waals surface area contributed by atoms with Crippen molar-refractivity contribution in [1.29, 1.82) is 0 Å². The molecule has 0 bridgehead atoms. The number of rotatable bonds is 4. The number of carbonyl (C=O) groups excluding carboxylic acids is 1. The second kappa shape index (κ2) is 5.73. The van der Waals surface area contributed by atoms with Crippen LogP contribution in [0.15, 0.2) is 30.3 Å². The van der Waals surface area contributed by atoms with Gasteiger partial charge in [-0.05, 0) is 24.3 Å². The van der Waals surface area contributed by atoms with Crippen LogP contribution in [0.3, 0.4) is 0 Å². The van der Waals surface area contributed by atoms with E-state index in [1.807, 2.05) is 0 Å². The van der Waals surface area contributed by atoms with Gasteiger partial charge in [0.1, 0.15) is 0 Å². The largest absolute Gasteiger partial charge is 0.479 e. The van der Waals surface area contributed by atoms with E-state index in [9.17, 15) is 14.7 Å². The van der Waals surface area contributed by atoms with E-state index in [2.05, 4.69) is 17.6 Å². The Balaban J connectivity index is 1.94. The molecule has 0 radical (unpaired) electrons. The van der Waals surface area contributed by atoms with Crippen molar-refractivity contribution < 1.29 is 14.7 Å². The van der Waals surface area contributed by atoms with Gasteiger partial charge in [-0.15, -0.1) is 0 Å². The zero-order valence-electron chi connectivity index (χ0n) is 10.8. The Morgan fingerprint density at radius 3 is 2.42 bits per heavy atom. The van der Waals surface area contributed by atoms with Gasteiger partial charge in [0.15, 0.2) is 6.04 Å². The summed E-state index contributed by atoms with van der Waals surface area (Å²) in [4.78, 5) is 23.0. The molecule has 102 valence electrons. The third kappa shape index (κ3) is 3.47. The average molecular weight is 262 g/mol. The van der Waals surface area contributed by atoms with Gasteiger partial charge >= 0.3 is 12.0 Å². The van der Waals surface area contributed by atoms with Crippen LogP contribution >= 0.6 is 0 Å². The fourth-order valence-electron chi connectivity index (χ4n) is 2.31. The van der Waals surface area contributed by atoms with Crippen LogP contribution < -0.4 is 10.6 Å². The lowest BCUT2D eigenvalue weighted by Crippen LogP contribution is -2.49. The quantitative estimate of drug-likeness (QED) is 0.775. The molecule has 1 saturated carbocycles. The van der Waals surface area contributed by atoms with E-state index < -0.39 is 18.0 Å². The van der Waals surface area contributed by atoms with Crippen LogP contribution in [0.25, 0.3) is 0 Å². The summed E-state index contributed by atoms with van der Waals surface area (Å²) in [5, 5.41) is 14.5. The fourth-order valence-corrected chi connectivity index (χ4v) is 2.31. The second-order valence-corrected chi connectivity index (χ2v) is 5.07. The molecule has 0 spiro atoms. The lowest BCUT2D eigenvalue weighted by molar-refractivity contribution is -0.139. The van der Waals surface area contributed by atoms with Crippen LogP contribution in [0.4, 0.5) is 4.79 Å². The number of carboxylic acids is 1. The van der Waals surface area contributed by atoms with Crippen LogP contribution in [0.2, 0.25) is 0 Å². The Bertz CT molecular complexity index is 455. The molecule has 1 aliphatic rings. The van der Waals surface area contributed by atoms with Crippen LogP contribution in [-0.4, -0.2) is 23.1 Å². The van der Waals surface area contributed by atoms with E-state index in [-0.39, 0.29) is 6.04 Å². The topological polar surface area (TPSA) is 78.4 Å². The van der Waals surface area contributed by atoms with E-state index in [1.165, 1.54) is 0 Å². The second-order valence-electron chi connectivity index (χ2n) is 5.07. The smallest absolute Gasteiger partial charge is 0.330 e. The monoisotopic (exact) mass is 262 g/mol. The van der Waals surface area contributed by atoms with Crippen LogP contribution in [0.5, 0.6) is 0 Å². The number of aliphatic carboxylic acids is 1. The first-order valence-corrected chi connectivity index (χ1v) is 6.41. The molecule has 1 atom stereocenters. The third-order valence-corrected chi connectivity index (χ3v) is 3.36. The Kier molecular flexibility index (Phi) is 4.04. The first-order chi connectivity index (χ1) is 9.06. The first-order valence-electron chi connectivity index (χ1n) is 6.41. The molecule has 0 aromatic heterocycles. The summed E-state index contributed by atoms with van der Waals surface area (Å²) < 4.78 is 0. The molecular formula is C14H18N2O3. The van der Waals surface area contributed by atoms with Gasteiger partial charge in [0.05, 0.1) is 0 Å². The Hall–Kier alpha value is -2.04. The number of hydrogen-bond donors (Lipinski definition) is 3. The van der Waals surface area contributed by atoms with E-state index in [0.29, 0.717) is 11.5 Å². The summed E-state index contributed by atoms with van der Waals surface area (Å²) in [7, 11) is 0. The molecule has 1 aromatic rings. The van der Waals surface area contributed by atoms with Crippen molar-refractivity contribution in [3.63, 3.8) is 0 Å². The molecule has 5 heteroatoms. The van der Waals surface area contributed by atoms with Gasteiger partial charge in [-0.25, -0.2) is 9.59 Å². The molecule has 2 amide bonds. The minimum absolute atomic E-state index is 0.167. The van der Waals surface area contributed by atoms with Gasteiger partial charge in [-0.3, -0.25) is 0 Å². The lowest BCUT2D eigenvalue weighted by Gasteiger charge is -2.33. The zero-order chi connectivity index (χ0) is 13.8. The number of benzene rings is 1. The molecule has 0 aliphatic heterocycles. The van der Waals surface area contributed by atoms with Gasteiger partial charge < -0.3 is 15.7 Å². The van der Waals surface area contributed by atoms with Gasteiger partial charge in [0.2, 0.25) is 0 Å². The molecule has 0 heterocycles. The van der Waals surface area contributed by atoms with Gasteiger partial charge in [-0.2, -0.15) is 0 Å². The van der Waals surface area contributed by atoms with Crippen molar-refractivity contribution in [2.24, 2.45) is 5.92 Å². The third-order valence-electron chi connectivity index (χ3n) is 3.36. The minimum Gasteiger partial charge on any atom is -0.479 e. The highest BCUT2D eigenvalue weighted by atomic mass is 16.4. The average Bonchev–Trinajstić information content (AvgIpc) is 2.35. The maximum Gasteiger partial charge on any atom is 0.330 e. The number of carbonyl (C=O) groups is 2. The molecule has 1 aromatic carbocycles. The van der Waals surface area contributed by atoms with Crippen molar-refractivity contribution >= 4 is 12.0 Å². The molecule has 0 unspecified atom stereocenters. The van der Waals surface area contributed by atoms with Crippen molar-refractivity contribution in [2.45, 2.75) is 31.8 Å². The van der Waals surface area contributed by atoms with Crippen molar-refractivity contribution in [3.05, 3.63) is 35.9 Å². The highest BCUT2D eigenvalue weighted by Gasteiger charge is 2.28. The molecule has 0 saturated heterocycles. The number of nitrogens with one attached hydrogen (secondary N) is 2. The molecule has 1 fully saturated rings. The Morgan fingerprint density at radius 2 is 1.89 bits per heavy atom. The van der Waals surface area contributed by atoms with E-state index >= 15 is 0 Å². The molecular weight excluding hydrogens is 244 g/mol. The molecule has 5 nitrogen and oxygen atoms in total. The van der Waals surface area contributed by atoms with Crippen molar-refractivity contribution in [2.75, 3.05) is 0 Å². The van der Waals surface area contributed by atoms with E-state index in [1.54, 1.807) is 30.3 Å². The van der Waals surface area contributed by atoms with Crippen LogP contribution in [0.1, 0.15) is 31.4 Å². The first kappa shape index (κ1) is 13.4. The maximum absolute atomic E-state index is 11.8. The van der Waals surface area contributed by atoms with Gasteiger partial charge in [-0.1, -0.05) is 37.3 Å². The molecule has 3 N–H and O–H groups in total. The fraction of sp³-hybridized carbons (Fsp3) is 0.429. The van der Waals surface area contributed by atoms with Gasteiger partial charge in [0, 0.05) is 6.04 Å². The Morgan fingerprint density at radius 1 is 1.26 bits per heavy atom. The van der Waals surface area contributed by atoms with Crippen LogP contribution in [0, 0.1) is 5.92 Å². The zero-order valence-corrected chi connectivity index (χ0v) is 10.8. The normalized spacial score (nSPS) is 23.0. The van der Waals surface area contributed by atoms with E-state index in [4.69, 9.17) is 0 Å². The summed E-state index contributed by atoms with van der Waals surface area (Å²) >= 11 is 0. The highest BCUT2D eigenvalue weighted by molar-refractivity contribution is 5.83. The SMILES string of the molecule is CC1CC(NC(=O)N[C@H](C(=O)O)c2ccccc2)C1. The summed E-state index contributed by atoms with van der Waals surface area (Å²) in [6.07, 6.45) is 1.91. The van der Waals surface area contributed by atoms with Crippen molar-refractivity contribution in [1.82, 2.24) is 10.6 Å². The summed E-state index contributed by atoms with van der Waals surface area (Å²) in [6, 6.07) is 7.40. The maximum atomic E-state index is 11.8. The summed E-state index contributed by atoms with van der Waals surface area (Å²) in [6.45, 7) is 2.13. The molecule has 19 heavy (non-hydrogen) atoms. The standard InChI is InChI=1S/C14H18N2O3/c1-9-7-11(8-9)15-14(19)16-12(13(17)18)10-5-3-2-4-6-10/h2-6,9,11-12H,7-8H2,1H3,(H,17,18)(H2,15,16,19)/t9?,11?,12-/m0/s1. The summed E-state index contributed by atoms with van der Waals surface area (Å²) in [5.41, 5.74) is 0.562. The number of hydrogen-bond acceptors (Lipinski definition) is 2.